The fourth-order valence-corrected chi connectivity index (χ4v) is 6.32. The number of hydrogen-bond acceptors (Lipinski definition) is 2. The SMILES string of the molecule is C=C(/N=C(\N=C(/C)c1ccc2ccccc2c1)c1ccc(-c2ccccc2)c2oc3ccccc3c12)c1ccc(-c2ccccc2)cc1. The van der Waals surface area contributed by atoms with Crippen molar-refractivity contribution in [3.05, 3.63) is 187 Å². The lowest BCUT2D eigenvalue weighted by Gasteiger charge is -2.11. The van der Waals surface area contributed by atoms with Gasteiger partial charge in [-0.15, -0.1) is 0 Å². The van der Waals surface area contributed by atoms with Crippen LogP contribution in [0.15, 0.2) is 185 Å². The molecular weight excluding hydrogens is 585 g/mol. The first-order chi connectivity index (χ1) is 23.6. The summed E-state index contributed by atoms with van der Waals surface area (Å²) in [6.45, 7) is 6.47. The molecule has 0 radical (unpaired) electrons. The van der Waals surface area contributed by atoms with Crippen LogP contribution in [-0.4, -0.2) is 11.5 Å². The second-order valence-corrected chi connectivity index (χ2v) is 11.9. The van der Waals surface area contributed by atoms with E-state index in [4.69, 9.17) is 14.4 Å². The molecule has 8 rings (SSSR count). The van der Waals surface area contributed by atoms with Crippen molar-refractivity contribution in [1.82, 2.24) is 0 Å². The molecule has 0 bridgehead atoms. The minimum absolute atomic E-state index is 0.578. The number of benzene rings is 7. The lowest BCUT2D eigenvalue weighted by Crippen LogP contribution is -2.05. The van der Waals surface area contributed by atoms with Gasteiger partial charge in [0.05, 0.1) is 5.70 Å². The van der Waals surface area contributed by atoms with Gasteiger partial charge in [-0.1, -0.05) is 146 Å². The average Bonchev–Trinajstić information content (AvgIpc) is 3.54. The Labute approximate surface area is 279 Å². The van der Waals surface area contributed by atoms with Crippen LogP contribution in [-0.2, 0) is 0 Å². The van der Waals surface area contributed by atoms with Gasteiger partial charge in [-0.05, 0) is 69.8 Å². The Kier molecular flexibility index (Phi) is 7.56. The fraction of sp³-hybridized carbons (Fsp3) is 0.0222. The lowest BCUT2D eigenvalue weighted by molar-refractivity contribution is 0.670. The molecule has 3 nitrogen and oxygen atoms in total. The highest BCUT2D eigenvalue weighted by Gasteiger charge is 2.20. The molecular formula is C45H32N2O. The molecule has 0 N–H and O–H groups in total. The highest BCUT2D eigenvalue weighted by molar-refractivity contribution is 6.23. The van der Waals surface area contributed by atoms with Crippen molar-refractivity contribution in [2.75, 3.05) is 0 Å². The summed E-state index contributed by atoms with van der Waals surface area (Å²) in [6, 6.07) is 56.3. The standard InChI is InChI=1S/C45H32N2O/c1-30(32-21-23-35(24-22-32)33-13-5-3-6-14-33)46-45(47-31(2)37-26-25-34-15-9-10-18-38(34)29-37)41-28-27-39(36-16-7-4-8-17-36)44-43(41)40-19-11-12-20-42(40)48-44/h3-29H,1H2,2H3/b46-45-,47-31+. The van der Waals surface area contributed by atoms with E-state index >= 15 is 0 Å². The Morgan fingerprint density at radius 1 is 0.542 bits per heavy atom. The molecule has 1 aromatic heterocycles. The van der Waals surface area contributed by atoms with Crippen LogP contribution in [0.25, 0.3) is 60.7 Å². The summed E-state index contributed by atoms with van der Waals surface area (Å²) in [7, 11) is 0. The monoisotopic (exact) mass is 616 g/mol. The van der Waals surface area contributed by atoms with Crippen LogP contribution < -0.4 is 0 Å². The minimum Gasteiger partial charge on any atom is -0.455 e. The first-order valence-corrected chi connectivity index (χ1v) is 16.1. The molecule has 0 amide bonds. The fourth-order valence-electron chi connectivity index (χ4n) is 6.32. The number of furan rings is 1. The quantitative estimate of drug-likeness (QED) is 0.135. The third-order valence-corrected chi connectivity index (χ3v) is 8.86. The number of nitrogens with zero attached hydrogens (tertiary/aromatic N) is 2. The lowest BCUT2D eigenvalue weighted by atomic mass is 9.97. The number of para-hydroxylation sites is 1. The van der Waals surface area contributed by atoms with Crippen molar-refractivity contribution in [3.63, 3.8) is 0 Å². The summed E-state index contributed by atoms with van der Waals surface area (Å²) in [5.74, 6) is 0.578. The molecule has 48 heavy (non-hydrogen) atoms. The maximum absolute atomic E-state index is 6.59. The second kappa shape index (κ2) is 12.5. The number of hydrogen-bond donors (Lipinski definition) is 0. The third kappa shape index (κ3) is 5.52. The summed E-state index contributed by atoms with van der Waals surface area (Å²) < 4.78 is 6.59. The van der Waals surface area contributed by atoms with E-state index in [-0.39, 0.29) is 0 Å². The molecule has 0 aliphatic carbocycles. The zero-order valence-electron chi connectivity index (χ0n) is 26.6. The molecule has 1 heterocycles. The Morgan fingerprint density at radius 3 is 1.94 bits per heavy atom. The molecule has 0 saturated carbocycles. The largest absolute Gasteiger partial charge is 0.455 e. The summed E-state index contributed by atoms with van der Waals surface area (Å²) in [5.41, 5.74) is 10.4. The predicted octanol–water partition coefficient (Wildman–Crippen LogP) is 12.0. The van der Waals surface area contributed by atoms with Gasteiger partial charge in [0.1, 0.15) is 11.2 Å². The molecule has 228 valence electrons. The minimum atomic E-state index is 0.578. The smallest absolute Gasteiger partial charge is 0.160 e. The zero-order chi connectivity index (χ0) is 32.5. The number of rotatable bonds is 6. The average molecular weight is 617 g/mol. The van der Waals surface area contributed by atoms with Gasteiger partial charge >= 0.3 is 0 Å². The predicted molar refractivity (Wildman–Crippen MR) is 203 cm³/mol. The van der Waals surface area contributed by atoms with Crippen molar-refractivity contribution in [2.24, 2.45) is 9.98 Å². The first-order valence-electron chi connectivity index (χ1n) is 16.1. The number of fused-ring (bicyclic) bond motifs is 4. The van der Waals surface area contributed by atoms with E-state index in [9.17, 15) is 0 Å². The number of amidine groups is 1. The van der Waals surface area contributed by atoms with E-state index in [1.54, 1.807) is 0 Å². The molecule has 0 fully saturated rings. The molecule has 3 heteroatoms. The Morgan fingerprint density at radius 2 is 1.17 bits per heavy atom. The van der Waals surface area contributed by atoms with Gasteiger partial charge in [0, 0.05) is 27.6 Å². The molecule has 8 aromatic rings. The van der Waals surface area contributed by atoms with Crippen molar-refractivity contribution in [3.8, 4) is 22.3 Å². The maximum atomic E-state index is 6.59. The molecule has 0 aliphatic rings. The molecule has 0 unspecified atom stereocenters. The van der Waals surface area contributed by atoms with Crippen LogP contribution in [0.1, 0.15) is 23.6 Å². The van der Waals surface area contributed by atoms with Gasteiger partial charge in [0.2, 0.25) is 0 Å². The van der Waals surface area contributed by atoms with Crippen molar-refractivity contribution in [2.45, 2.75) is 6.92 Å². The molecule has 7 aromatic carbocycles. The second-order valence-electron chi connectivity index (χ2n) is 11.9. The van der Waals surface area contributed by atoms with Gasteiger partial charge in [-0.2, -0.15) is 0 Å². The van der Waals surface area contributed by atoms with Crippen molar-refractivity contribution < 1.29 is 4.42 Å². The first kappa shape index (κ1) is 29.1. The van der Waals surface area contributed by atoms with Crippen LogP contribution in [0.3, 0.4) is 0 Å². The zero-order valence-corrected chi connectivity index (χ0v) is 26.6. The summed E-state index contributed by atoms with van der Waals surface area (Å²) in [6.07, 6.45) is 0. The van der Waals surface area contributed by atoms with Gasteiger partial charge in [-0.25, -0.2) is 9.98 Å². The van der Waals surface area contributed by atoms with Crippen molar-refractivity contribution in [1.29, 1.82) is 0 Å². The molecule has 0 aliphatic heterocycles. The Balaban J connectivity index is 1.31. The van der Waals surface area contributed by atoms with Crippen LogP contribution >= 0.6 is 0 Å². The van der Waals surface area contributed by atoms with Gasteiger partial charge in [-0.3, -0.25) is 0 Å². The van der Waals surface area contributed by atoms with Crippen molar-refractivity contribution >= 4 is 50.0 Å². The van der Waals surface area contributed by atoms with Gasteiger partial charge in [0.15, 0.2) is 5.84 Å². The van der Waals surface area contributed by atoms with E-state index < -0.39 is 0 Å². The Hall–Kier alpha value is -6.32. The Bertz CT molecular complexity index is 2500. The van der Waals surface area contributed by atoms with Gasteiger partial charge in [0.25, 0.3) is 0 Å². The van der Waals surface area contributed by atoms with E-state index in [0.717, 1.165) is 61.0 Å². The summed E-state index contributed by atoms with van der Waals surface area (Å²) in [4.78, 5) is 10.4. The topological polar surface area (TPSA) is 37.9 Å². The maximum Gasteiger partial charge on any atom is 0.160 e. The summed E-state index contributed by atoms with van der Waals surface area (Å²) >= 11 is 0. The normalized spacial score (nSPS) is 12.2. The van der Waals surface area contributed by atoms with Crippen LogP contribution in [0.2, 0.25) is 0 Å². The highest BCUT2D eigenvalue weighted by atomic mass is 16.3. The third-order valence-electron chi connectivity index (χ3n) is 8.86. The van der Waals surface area contributed by atoms with Crippen LogP contribution in [0.4, 0.5) is 0 Å². The summed E-state index contributed by atoms with van der Waals surface area (Å²) in [5, 5.41) is 4.36. The van der Waals surface area contributed by atoms with Crippen LogP contribution in [0, 0.1) is 0 Å². The van der Waals surface area contributed by atoms with E-state index in [1.165, 1.54) is 16.3 Å². The molecule has 0 saturated heterocycles. The van der Waals surface area contributed by atoms with Gasteiger partial charge < -0.3 is 4.42 Å². The van der Waals surface area contributed by atoms with E-state index in [0.29, 0.717) is 11.5 Å². The van der Waals surface area contributed by atoms with E-state index in [2.05, 4.69) is 140 Å². The van der Waals surface area contributed by atoms with Crippen LogP contribution in [0.5, 0.6) is 0 Å². The molecule has 0 atom stereocenters. The highest BCUT2D eigenvalue weighted by Crippen LogP contribution is 2.39. The van der Waals surface area contributed by atoms with E-state index in [1.807, 2.05) is 37.3 Å². The molecule has 0 spiro atoms. The number of aliphatic imine (C=N–C) groups is 2.